The molecule has 0 bridgehead atoms. The first-order valence-corrected chi connectivity index (χ1v) is 12.5. The van der Waals surface area contributed by atoms with Crippen molar-refractivity contribution in [2.24, 2.45) is 0 Å². The Bertz CT molecular complexity index is 596. The van der Waals surface area contributed by atoms with Crippen LogP contribution in [0.1, 0.15) is 102 Å². The third-order valence-corrected chi connectivity index (χ3v) is 6.13. The van der Waals surface area contributed by atoms with Gasteiger partial charge in [0.2, 0.25) is 0 Å². The first-order chi connectivity index (χ1) is 14.7. The number of unbranched alkanes of at least 4 members (excludes halogenated alkanes) is 10. The van der Waals surface area contributed by atoms with Crippen LogP contribution in [0.5, 0.6) is 0 Å². The molecule has 0 saturated carbocycles. The fourth-order valence-electron chi connectivity index (χ4n) is 4.05. The Hall–Kier alpha value is -1.76. The van der Waals surface area contributed by atoms with Crippen molar-refractivity contribution in [3.63, 3.8) is 0 Å². The predicted molar refractivity (Wildman–Crippen MR) is 135 cm³/mol. The molecule has 0 aliphatic carbocycles. The van der Waals surface area contributed by atoms with Gasteiger partial charge in [0.25, 0.3) is 0 Å². The number of hydrogen-bond donors (Lipinski definition) is 0. The lowest BCUT2D eigenvalue weighted by molar-refractivity contribution is 0.607. The Morgan fingerprint density at radius 3 is 1.20 bits per heavy atom. The minimum Gasteiger partial charge on any atom is -0.340 e. The van der Waals surface area contributed by atoms with E-state index in [1.807, 2.05) is 4.90 Å². The number of anilines is 2. The van der Waals surface area contributed by atoms with Gasteiger partial charge in [0.05, 0.1) is 0 Å². The van der Waals surface area contributed by atoms with Crippen molar-refractivity contribution in [3.8, 4) is 0 Å². The van der Waals surface area contributed by atoms with E-state index in [2.05, 4.69) is 69.4 Å². The Labute approximate surface area is 186 Å². The molecule has 0 atom stereocenters. The summed E-state index contributed by atoms with van der Waals surface area (Å²) in [5.74, 6) is 0. The summed E-state index contributed by atoms with van der Waals surface area (Å²) < 4.78 is 0. The number of aryl methyl sites for hydroxylation is 2. The van der Waals surface area contributed by atoms with Crippen molar-refractivity contribution >= 4 is 11.4 Å². The van der Waals surface area contributed by atoms with Gasteiger partial charge in [0.15, 0.2) is 0 Å². The molecule has 0 aliphatic rings. The van der Waals surface area contributed by atoms with E-state index in [-0.39, 0.29) is 0 Å². The zero-order valence-corrected chi connectivity index (χ0v) is 19.7. The second-order valence-electron chi connectivity index (χ2n) is 8.80. The van der Waals surface area contributed by atoms with Crippen LogP contribution in [0.3, 0.4) is 0 Å². The maximum Gasteiger partial charge on any atom is 0.0411 e. The molecule has 0 fully saturated rings. The monoisotopic (exact) mass is 406 g/mol. The molecule has 0 heterocycles. The third-order valence-electron chi connectivity index (χ3n) is 6.13. The second kappa shape index (κ2) is 15.1. The maximum atomic E-state index is 4.28. The van der Waals surface area contributed by atoms with E-state index in [4.69, 9.17) is 0 Å². The summed E-state index contributed by atoms with van der Waals surface area (Å²) in [4.78, 5) is 2.04. The lowest BCUT2D eigenvalue weighted by Crippen LogP contribution is -2.06. The summed E-state index contributed by atoms with van der Waals surface area (Å²) >= 11 is 0. The first-order valence-electron chi connectivity index (χ1n) is 12.5. The zero-order chi connectivity index (χ0) is 21.4. The van der Waals surface area contributed by atoms with Crippen molar-refractivity contribution in [2.45, 2.75) is 104 Å². The van der Waals surface area contributed by atoms with Gasteiger partial charge in [0, 0.05) is 18.4 Å². The van der Waals surface area contributed by atoms with Crippen LogP contribution >= 0.6 is 0 Å². The fourth-order valence-corrected chi connectivity index (χ4v) is 4.05. The van der Waals surface area contributed by atoms with Crippen LogP contribution in [-0.4, -0.2) is 0 Å². The Balaban J connectivity index is 1.74. The smallest absolute Gasteiger partial charge is 0.0411 e. The minimum absolute atomic E-state index is 1.16. The molecule has 2 rings (SSSR count). The molecule has 0 aromatic heterocycles. The molecule has 0 aliphatic heterocycles. The van der Waals surface area contributed by atoms with Gasteiger partial charge in [-0.25, -0.2) is 0 Å². The highest BCUT2D eigenvalue weighted by Gasteiger charge is 2.05. The number of benzene rings is 2. The highest BCUT2D eigenvalue weighted by atomic mass is 15.1. The second-order valence-corrected chi connectivity index (χ2v) is 8.80. The molecule has 1 nitrogen and oxygen atoms in total. The van der Waals surface area contributed by atoms with Gasteiger partial charge in [-0.2, -0.15) is 0 Å². The highest BCUT2D eigenvalue weighted by molar-refractivity contribution is 5.64. The largest absolute Gasteiger partial charge is 0.340 e. The Kier molecular flexibility index (Phi) is 12.3. The number of rotatable bonds is 16. The Morgan fingerprint density at radius 1 is 0.500 bits per heavy atom. The fraction of sp³-hybridized carbons (Fsp3) is 0.552. The lowest BCUT2D eigenvalue weighted by atomic mass is 10.0. The van der Waals surface area contributed by atoms with Crippen LogP contribution in [-0.2, 0) is 12.8 Å². The number of hydrogen-bond acceptors (Lipinski definition) is 1. The zero-order valence-electron chi connectivity index (χ0n) is 19.7. The molecule has 2 aromatic rings. The summed E-state index contributed by atoms with van der Waals surface area (Å²) in [5, 5.41) is 0. The van der Waals surface area contributed by atoms with Gasteiger partial charge in [-0.05, 0) is 61.1 Å². The van der Waals surface area contributed by atoms with Crippen LogP contribution < -0.4 is 4.90 Å². The molecule has 0 amide bonds. The van der Waals surface area contributed by atoms with Crippen LogP contribution in [0.15, 0.2) is 48.5 Å². The molecular weight excluding hydrogens is 362 g/mol. The molecule has 0 spiro atoms. The van der Waals surface area contributed by atoms with Crippen LogP contribution in [0, 0.1) is 7.05 Å². The van der Waals surface area contributed by atoms with Crippen LogP contribution in [0.4, 0.5) is 11.4 Å². The van der Waals surface area contributed by atoms with Gasteiger partial charge >= 0.3 is 0 Å². The van der Waals surface area contributed by atoms with E-state index in [9.17, 15) is 0 Å². The third kappa shape index (κ3) is 9.37. The van der Waals surface area contributed by atoms with E-state index >= 15 is 0 Å². The van der Waals surface area contributed by atoms with Gasteiger partial charge in [-0.15, -0.1) is 0 Å². The molecule has 1 heteroatoms. The summed E-state index contributed by atoms with van der Waals surface area (Å²) in [5.41, 5.74) is 5.20. The summed E-state index contributed by atoms with van der Waals surface area (Å²) in [6.45, 7) is 4.55. The minimum atomic E-state index is 1.16. The van der Waals surface area contributed by atoms with E-state index < -0.39 is 0 Å². The van der Waals surface area contributed by atoms with Crippen molar-refractivity contribution < 1.29 is 0 Å². The van der Waals surface area contributed by atoms with Gasteiger partial charge in [0.1, 0.15) is 0 Å². The van der Waals surface area contributed by atoms with Gasteiger partial charge in [-0.1, -0.05) is 102 Å². The standard InChI is InChI=1S/C29H44N/c1-4-6-8-10-12-14-16-26-18-22-28(23-19-26)30(3)29-24-20-27(21-25-29)17-15-13-11-9-7-5-2/h18-25H,3-17H2,1-2H3. The number of nitrogens with zero attached hydrogens (tertiary/aromatic N) is 1. The predicted octanol–water partition coefficient (Wildman–Crippen LogP) is 9.42. The summed E-state index contributed by atoms with van der Waals surface area (Å²) in [6.07, 6.45) is 18.7. The van der Waals surface area contributed by atoms with E-state index in [1.54, 1.807) is 0 Å². The summed E-state index contributed by atoms with van der Waals surface area (Å²) in [6, 6.07) is 17.9. The lowest BCUT2D eigenvalue weighted by Gasteiger charge is -2.20. The normalized spacial score (nSPS) is 11.0. The van der Waals surface area contributed by atoms with Crippen LogP contribution in [0.2, 0.25) is 0 Å². The SMILES string of the molecule is [CH2]N(c1ccc(CCCCCCCC)cc1)c1ccc(CCCCCCCC)cc1. The molecule has 165 valence electrons. The first kappa shape index (κ1) is 24.5. The van der Waals surface area contributed by atoms with Crippen molar-refractivity contribution in [2.75, 3.05) is 4.90 Å². The van der Waals surface area contributed by atoms with E-state index in [1.165, 1.54) is 101 Å². The molecule has 30 heavy (non-hydrogen) atoms. The van der Waals surface area contributed by atoms with Crippen molar-refractivity contribution in [1.29, 1.82) is 0 Å². The van der Waals surface area contributed by atoms with Gasteiger partial charge in [-0.3, -0.25) is 0 Å². The van der Waals surface area contributed by atoms with E-state index in [0.29, 0.717) is 0 Å². The molecule has 0 unspecified atom stereocenters. The molecular formula is C29H44N. The quantitative estimate of drug-likeness (QED) is 0.251. The van der Waals surface area contributed by atoms with Crippen LogP contribution in [0.25, 0.3) is 0 Å². The average molecular weight is 407 g/mol. The molecule has 2 aromatic carbocycles. The van der Waals surface area contributed by atoms with Gasteiger partial charge < -0.3 is 4.90 Å². The molecule has 0 N–H and O–H groups in total. The summed E-state index contributed by atoms with van der Waals surface area (Å²) in [7, 11) is 4.28. The molecule has 0 saturated heterocycles. The topological polar surface area (TPSA) is 3.24 Å². The maximum absolute atomic E-state index is 4.28. The Morgan fingerprint density at radius 2 is 0.833 bits per heavy atom. The highest BCUT2D eigenvalue weighted by Crippen LogP contribution is 2.26. The van der Waals surface area contributed by atoms with E-state index in [0.717, 1.165) is 11.4 Å². The molecule has 1 radical (unpaired) electrons. The van der Waals surface area contributed by atoms with Crippen molar-refractivity contribution in [3.05, 3.63) is 66.7 Å². The van der Waals surface area contributed by atoms with Crippen molar-refractivity contribution in [1.82, 2.24) is 0 Å². The average Bonchev–Trinajstić information content (AvgIpc) is 2.79.